The van der Waals surface area contributed by atoms with Gasteiger partial charge in [-0.15, -0.1) is 11.3 Å². The third kappa shape index (κ3) is 4.16. The van der Waals surface area contributed by atoms with Gasteiger partial charge in [0.2, 0.25) is 0 Å². The Labute approximate surface area is 186 Å². The lowest BCUT2D eigenvalue weighted by Crippen LogP contribution is -2.27. The van der Waals surface area contributed by atoms with Gasteiger partial charge in [0, 0.05) is 0 Å². The summed E-state index contributed by atoms with van der Waals surface area (Å²) in [6.45, 7) is 0. The molecule has 1 amide bonds. The number of ether oxygens (including phenoxy) is 2. The lowest BCUT2D eigenvalue weighted by Gasteiger charge is -2.17. The van der Waals surface area contributed by atoms with Gasteiger partial charge in [-0.1, -0.05) is 54.3 Å². The van der Waals surface area contributed by atoms with Crippen LogP contribution in [0.5, 0.6) is 11.5 Å². The van der Waals surface area contributed by atoms with Crippen molar-refractivity contribution in [2.75, 3.05) is 12.0 Å². The first-order valence-corrected chi connectivity index (χ1v) is 10.9. The van der Waals surface area contributed by atoms with Crippen LogP contribution in [0.4, 0.5) is 5.69 Å². The fraction of sp³-hybridized carbons (Fsp3) is 0.0455. The fourth-order valence-electron chi connectivity index (χ4n) is 2.86. The molecule has 5 nitrogen and oxygen atoms in total. The monoisotopic (exact) mass is 453 g/mol. The third-order valence-corrected chi connectivity index (χ3v) is 6.36. The van der Waals surface area contributed by atoms with Crippen LogP contribution in [0.25, 0.3) is 6.08 Å². The number of thioether (sulfide) groups is 1. The number of benzene rings is 2. The van der Waals surface area contributed by atoms with Gasteiger partial charge in [0.15, 0.2) is 4.32 Å². The Balaban J connectivity index is 1.57. The van der Waals surface area contributed by atoms with Crippen LogP contribution < -0.4 is 14.4 Å². The van der Waals surface area contributed by atoms with Crippen LogP contribution in [0.1, 0.15) is 15.2 Å². The highest BCUT2D eigenvalue weighted by molar-refractivity contribution is 8.27. The van der Waals surface area contributed by atoms with Crippen LogP contribution in [-0.4, -0.2) is 23.3 Å². The topological polar surface area (TPSA) is 55.8 Å². The van der Waals surface area contributed by atoms with Gasteiger partial charge in [0.1, 0.15) is 16.4 Å². The van der Waals surface area contributed by atoms with Crippen LogP contribution >= 0.6 is 35.3 Å². The molecular weight excluding hydrogens is 438 g/mol. The van der Waals surface area contributed by atoms with Gasteiger partial charge < -0.3 is 9.47 Å². The van der Waals surface area contributed by atoms with E-state index >= 15 is 0 Å². The van der Waals surface area contributed by atoms with Gasteiger partial charge in [-0.25, -0.2) is 4.79 Å². The molecule has 3 aromatic rings. The minimum atomic E-state index is -0.412. The van der Waals surface area contributed by atoms with E-state index in [0.717, 1.165) is 5.56 Å². The second-order valence-corrected chi connectivity index (χ2v) is 8.75. The Bertz CT molecular complexity index is 1150. The number of hydrogen-bond acceptors (Lipinski definition) is 7. The summed E-state index contributed by atoms with van der Waals surface area (Å²) in [6, 6.07) is 17.7. The van der Waals surface area contributed by atoms with Crippen LogP contribution in [0, 0.1) is 0 Å². The van der Waals surface area contributed by atoms with E-state index in [4.69, 9.17) is 21.7 Å². The molecule has 0 spiro atoms. The van der Waals surface area contributed by atoms with Crippen molar-refractivity contribution in [3.8, 4) is 11.5 Å². The highest BCUT2D eigenvalue weighted by Gasteiger charge is 2.34. The van der Waals surface area contributed by atoms with E-state index in [1.54, 1.807) is 55.7 Å². The molecule has 0 N–H and O–H groups in total. The molecule has 1 aliphatic rings. The number of carbonyl (C=O) groups excluding carboxylic acids is 2. The Morgan fingerprint density at radius 2 is 1.93 bits per heavy atom. The summed E-state index contributed by atoms with van der Waals surface area (Å²) in [7, 11) is 1.55. The van der Waals surface area contributed by atoms with Gasteiger partial charge in [-0.2, -0.15) is 0 Å². The summed E-state index contributed by atoms with van der Waals surface area (Å²) in [5.41, 5.74) is 1.33. The summed E-state index contributed by atoms with van der Waals surface area (Å²) in [5, 5.41) is 1.82. The summed E-state index contributed by atoms with van der Waals surface area (Å²) in [5.74, 6) is 0.333. The quantitative estimate of drug-likeness (QED) is 0.224. The SMILES string of the molecule is COc1ccccc1N1C(=O)C(=Cc2cccc(OC(=O)c3cccs3)c2)SC1=S. The number of anilines is 1. The molecule has 4 rings (SSSR count). The molecule has 1 aromatic heterocycles. The van der Waals surface area contributed by atoms with Crippen LogP contribution in [0.15, 0.2) is 70.9 Å². The number of esters is 1. The van der Waals surface area contributed by atoms with Crippen molar-refractivity contribution in [1.82, 2.24) is 0 Å². The Morgan fingerprint density at radius 1 is 1.10 bits per heavy atom. The first-order chi connectivity index (χ1) is 14.6. The molecule has 0 unspecified atom stereocenters. The van der Waals surface area contributed by atoms with Crippen molar-refractivity contribution in [3.05, 3.63) is 81.4 Å². The van der Waals surface area contributed by atoms with Gasteiger partial charge >= 0.3 is 5.97 Å². The number of nitrogens with zero attached hydrogens (tertiary/aromatic N) is 1. The third-order valence-electron chi connectivity index (χ3n) is 4.21. The smallest absolute Gasteiger partial charge is 0.353 e. The highest BCUT2D eigenvalue weighted by atomic mass is 32.2. The minimum absolute atomic E-state index is 0.226. The van der Waals surface area contributed by atoms with E-state index < -0.39 is 5.97 Å². The second kappa shape index (κ2) is 8.83. The number of carbonyl (C=O) groups is 2. The molecule has 1 fully saturated rings. The Hall–Kier alpha value is -2.94. The van der Waals surface area contributed by atoms with Gasteiger partial charge in [-0.3, -0.25) is 9.69 Å². The number of hydrogen-bond donors (Lipinski definition) is 0. The van der Waals surface area contributed by atoms with Crippen molar-refractivity contribution < 1.29 is 19.1 Å². The second-order valence-electron chi connectivity index (χ2n) is 6.13. The van der Waals surface area contributed by atoms with Crippen molar-refractivity contribution >= 4 is 63.3 Å². The van der Waals surface area contributed by atoms with Crippen LogP contribution in [-0.2, 0) is 4.79 Å². The largest absolute Gasteiger partial charge is 0.495 e. The van der Waals surface area contributed by atoms with Crippen molar-refractivity contribution in [1.29, 1.82) is 0 Å². The maximum atomic E-state index is 13.0. The van der Waals surface area contributed by atoms with E-state index in [1.165, 1.54) is 28.0 Å². The first-order valence-electron chi connectivity index (χ1n) is 8.83. The number of methoxy groups -OCH3 is 1. The van der Waals surface area contributed by atoms with Crippen LogP contribution in [0.3, 0.4) is 0 Å². The number of thiophene rings is 1. The van der Waals surface area contributed by atoms with Crippen molar-refractivity contribution in [2.24, 2.45) is 0 Å². The van der Waals surface area contributed by atoms with E-state index in [0.29, 0.717) is 31.3 Å². The van der Waals surface area contributed by atoms with E-state index in [1.807, 2.05) is 23.6 Å². The van der Waals surface area contributed by atoms with E-state index in [2.05, 4.69) is 0 Å². The number of amides is 1. The minimum Gasteiger partial charge on any atom is -0.495 e. The lowest BCUT2D eigenvalue weighted by atomic mass is 10.2. The molecule has 2 heterocycles. The molecule has 0 radical (unpaired) electrons. The van der Waals surface area contributed by atoms with Crippen molar-refractivity contribution in [2.45, 2.75) is 0 Å². The lowest BCUT2D eigenvalue weighted by molar-refractivity contribution is -0.113. The molecule has 1 saturated heterocycles. The number of para-hydroxylation sites is 2. The zero-order valence-corrected chi connectivity index (χ0v) is 18.2. The van der Waals surface area contributed by atoms with Gasteiger partial charge in [0.25, 0.3) is 5.91 Å². The molecule has 8 heteroatoms. The number of rotatable bonds is 5. The molecule has 1 aliphatic heterocycles. The molecular formula is C22H15NO4S3. The van der Waals surface area contributed by atoms with E-state index in [9.17, 15) is 9.59 Å². The first kappa shape index (κ1) is 20.3. The molecule has 0 bridgehead atoms. The zero-order chi connectivity index (χ0) is 21.1. The molecule has 30 heavy (non-hydrogen) atoms. The standard InChI is InChI=1S/C22H15NO4S3/c1-26-17-9-3-2-8-16(17)23-20(24)19(30-22(23)28)13-14-6-4-7-15(12-14)27-21(25)18-10-5-11-29-18/h2-13H,1H3. The van der Waals surface area contributed by atoms with Crippen molar-refractivity contribution in [3.63, 3.8) is 0 Å². The normalized spacial score (nSPS) is 15.0. The molecule has 0 aliphatic carbocycles. The summed E-state index contributed by atoms with van der Waals surface area (Å²) in [4.78, 5) is 27.7. The van der Waals surface area contributed by atoms with E-state index in [-0.39, 0.29) is 5.91 Å². The predicted molar refractivity (Wildman–Crippen MR) is 124 cm³/mol. The maximum Gasteiger partial charge on any atom is 0.353 e. The summed E-state index contributed by atoms with van der Waals surface area (Å²) < 4.78 is 11.2. The summed E-state index contributed by atoms with van der Waals surface area (Å²) >= 11 is 7.97. The maximum absolute atomic E-state index is 13.0. The summed E-state index contributed by atoms with van der Waals surface area (Å²) in [6.07, 6.45) is 1.73. The van der Waals surface area contributed by atoms with Gasteiger partial charge in [0.05, 0.1) is 17.7 Å². The molecule has 150 valence electrons. The van der Waals surface area contributed by atoms with Gasteiger partial charge in [-0.05, 0) is 47.4 Å². The molecule has 2 aromatic carbocycles. The fourth-order valence-corrected chi connectivity index (χ4v) is 4.74. The molecule has 0 saturated carbocycles. The predicted octanol–water partition coefficient (Wildman–Crippen LogP) is 5.38. The Kier molecular flexibility index (Phi) is 5.98. The van der Waals surface area contributed by atoms with Crippen LogP contribution in [0.2, 0.25) is 0 Å². The average molecular weight is 454 g/mol. The Morgan fingerprint density at radius 3 is 2.70 bits per heavy atom. The number of thiocarbonyl (C=S) groups is 1. The zero-order valence-electron chi connectivity index (χ0n) is 15.7. The average Bonchev–Trinajstić information content (AvgIpc) is 3.37. The highest BCUT2D eigenvalue weighted by Crippen LogP contribution is 2.39. The molecule has 0 atom stereocenters.